The van der Waals surface area contributed by atoms with Crippen LogP contribution in [0.5, 0.6) is 0 Å². The van der Waals surface area contributed by atoms with Gasteiger partial charge in [-0.25, -0.2) is 4.79 Å². The van der Waals surface area contributed by atoms with E-state index in [1.807, 2.05) is 13.8 Å². The van der Waals surface area contributed by atoms with Crippen molar-refractivity contribution in [2.75, 3.05) is 13.1 Å². The number of nitrogens with two attached hydrogens (primary N) is 1. The highest BCUT2D eigenvalue weighted by Gasteiger charge is 2.22. The van der Waals surface area contributed by atoms with E-state index >= 15 is 0 Å². The van der Waals surface area contributed by atoms with Crippen LogP contribution < -0.4 is 21.7 Å². The average molecular weight is 345 g/mol. The molecule has 7 heteroatoms. The summed E-state index contributed by atoms with van der Waals surface area (Å²) in [5.74, 6) is -0.366. The Morgan fingerprint density at radius 1 is 1.04 bits per heavy atom. The molecule has 24 heavy (non-hydrogen) atoms. The molecule has 5 N–H and O–H groups in total. The zero-order chi connectivity index (χ0) is 19.1. The number of primary amides is 1. The van der Waals surface area contributed by atoms with Crippen LogP contribution in [0.4, 0.5) is 4.79 Å². The minimum absolute atomic E-state index is 0.00743. The molecule has 7 nitrogen and oxygen atoms in total. The summed E-state index contributed by atoms with van der Waals surface area (Å²) in [6, 6.07) is -0.914. The fourth-order valence-electron chi connectivity index (χ4n) is 1.75. The van der Waals surface area contributed by atoms with Gasteiger partial charge in [0.05, 0.1) is 12.6 Å². The smallest absolute Gasteiger partial charge is 0.312 e. The van der Waals surface area contributed by atoms with Gasteiger partial charge < -0.3 is 21.7 Å². The van der Waals surface area contributed by atoms with Gasteiger partial charge in [-0.2, -0.15) is 0 Å². The maximum atomic E-state index is 12.1. The highest BCUT2D eigenvalue weighted by Crippen LogP contribution is 2.06. The number of carbonyl (C=O) groups excluding carboxylic acids is 3. The molecule has 0 aromatic rings. The quantitative estimate of drug-likeness (QED) is 0.450. The van der Waals surface area contributed by atoms with E-state index in [1.54, 1.807) is 13.8 Å². The Hall–Kier alpha value is -1.63. The number of amides is 3. The van der Waals surface area contributed by atoms with Crippen molar-refractivity contribution in [2.24, 2.45) is 11.7 Å². The average Bonchev–Trinajstić information content (AvgIpc) is 2.47. The summed E-state index contributed by atoms with van der Waals surface area (Å²) in [6.45, 7) is 12.3. The van der Waals surface area contributed by atoms with E-state index in [2.05, 4.69) is 29.8 Å². The number of rotatable bonds is 10. The van der Waals surface area contributed by atoms with Crippen LogP contribution in [0.15, 0.2) is 0 Å². The zero-order valence-electron chi connectivity index (χ0n) is 16.1. The molecule has 0 aromatic heterocycles. The molecule has 0 spiro atoms. The van der Waals surface area contributed by atoms with Crippen LogP contribution in [0.25, 0.3) is 0 Å². The lowest BCUT2D eigenvalue weighted by Crippen LogP contribution is -2.47. The van der Waals surface area contributed by atoms with Crippen molar-refractivity contribution in [1.82, 2.24) is 16.0 Å². The first-order valence-electron chi connectivity index (χ1n) is 8.75. The number of Topliss-reactive ketones (excluding diaryl/α,β-unsaturated/α-hetero) is 1. The summed E-state index contributed by atoms with van der Waals surface area (Å²) in [7, 11) is 0. The summed E-state index contributed by atoms with van der Waals surface area (Å²) in [5.41, 5.74) is 4.97. The van der Waals surface area contributed by atoms with Gasteiger partial charge in [0.25, 0.3) is 0 Å². The van der Waals surface area contributed by atoms with Crippen LogP contribution in [0, 0.1) is 5.92 Å². The van der Waals surface area contributed by atoms with Crippen molar-refractivity contribution in [1.29, 1.82) is 0 Å². The van der Waals surface area contributed by atoms with E-state index in [9.17, 15) is 14.4 Å². The Morgan fingerprint density at radius 2 is 1.58 bits per heavy atom. The van der Waals surface area contributed by atoms with Crippen molar-refractivity contribution in [3.63, 3.8) is 0 Å². The Kier molecular flexibility index (Phi) is 15.3. The third kappa shape index (κ3) is 15.3. The van der Waals surface area contributed by atoms with E-state index in [1.165, 1.54) is 6.42 Å². The first-order valence-corrected chi connectivity index (χ1v) is 8.75. The number of nitrogens with one attached hydrogen (secondary N) is 3. The Bertz CT molecular complexity index is 371. The Morgan fingerprint density at radius 3 is 2.00 bits per heavy atom. The second kappa shape index (κ2) is 14.9. The van der Waals surface area contributed by atoms with Crippen LogP contribution in [-0.4, -0.2) is 42.9 Å². The normalized spacial score (nSPS) is 11.5. The van der Waals surface area contributed by atoms with Gasteiger partial charge >= 0.3 is 6.03 Å². The fraction of sp³-hybridized carbons (Fsp3) is 0.824. The summed E-state index contributed by atoms with van der Waals surface area (Å²) in [6.07, 6.45) is 2.30. The molecule has 0 bridgehead atoms. The number of hydrogen-bond donors (Lipinski definition) is 4. The van der Waals surface area contributed by atoms with Gasteiger partial charge in [-0.1, -0.05) is 48.0 Å². The van der Waals surface area contributed by atoms with Crippen LogP contribution >= 0.6 is 0 Å². The summed E-state index contributed by atoms with van der Waals surface area (Å²) in [4.78, 5) is 34.5. The molecule has 0 saturated heterocycles. The lowest BCUT2D eigenvalue weighted by Gasteiger charge is -2.20. The van der Waals surface area contributed by atoms with E-state index in [-0.39, 0.29) is 30.2 Å². The largest absolute Gasteiger partial charge is 0.352 e. The molecule has 0 fully saturated rings. The molecule has 0 aromatic carbocycles. The van der Waals surface area contributed by atoms with E-state index in [0.29, 0.717) is 19.4 Å². The molecule has 3 amide bonds. The maximum Gasteiger partial charge on any atom is 0.312 e. The highest BCUT2D eigenvalue weighted by molar-refractivity contribution is 5.90. The minimum Gasteiger partial charge on any atom is -0.352 e. The van der Waals surface area contributed by atoms with E-state index in [4.69, 9.17) is 5.73 Å². The number of ketones is 1. The van der Waals surface area contributed by atoms with Crippen LogP contribution in [0.1, 0.15) is 60.8 Å². The summed E-state index contributed by atoms with van der Waals surface area (Å²) in [5, 5.41) is 8.22. The van der Waals surface area contributed by atoms with Gasteiger partial charge in [0.2, 0.25) is 5.91 Å². The van der Waals surface area contributed by atoms with E-state index in [0.717, 1.165) is 0 Å². The molecule has 0 aliphatic heterocycles. The van der Waals surface area contributed by atoms with Gasteiger partial charge in [0.1, 0.15) is 0 Å². The predicted octanol–water partition coefficient (Wildman–Crippen LogP) is 1.56. The number of urea groups is 1. The third-order valence-electron chi connectivity index (χ3n) is 2.89. The molecule has 0 aliphatic carbocycles. The summed E-state index contributed by atoms with van der Waals surface area (Å²) < 4.78 is 0. The van der Waals surface area contributed by atoms with Crippen molar-refractivity contribution in [3.05, 3.63) is 0 Å². The van der Waals surface area contributed by atoms with Gasteiger partial charge in [-0.3, -0.25) is 9.59 Å². The Labute approximate surface area is 146 Å². The highest BCUT2D eigenvalue weighted by atomic mass is 16.2. The van der Waals surface area contributed by atoms with Gasteiger partial charge in [-0.15, -0.1) is 0 Å². The monoisotopic (exact) mass is 344 g/mol. The second-order valence-electron chi connectivity index (χ2n) is 6.35. The first kappa shape index (κ1) is 24.6. The molecular weight excluding hydrogens is 308 g/mol. The van der Waals surface area contributed by atoms with Crippen molar-refractivity contribution >= 4 is 17.7 Å². The lowest BCUT2D eigenvalue weighted by atomic mass is 9.98. The van der Waals surface area contributed by atoms with Gasteiger partial charge in [0.15, 0.2) is 5.78 Å². The van der Waals surface area contributed by atoms with Crippen molar-refractivity contribution in [3.8, 4) is 0 Å². The lowest BCUT2D eigenvalue weighted by molar-refractivity contribution is -0.129. The first-order chi connectivity index (χ1) is 11.1. The molecule has 1 unspecified atom stereocenters. The van der Waals surface area contributed by atoms with E-state index < -0.39 is 12.1 Å². The van der Waals surface area contributed by atoms with Crippen molar-refractivity contribution < 1.29 is 14.4 Å². The molecule has 0 heterocycles. The van der Waals surface area contributed by atoms with Gasteiger partial charge in [0, 0.05) is 18.5 Å². The predicted molar refractivity (Wildman–Crippen MR) is 97.7 cm³/mol. The molecule has 0 radical (unpaired) electrons. The summed E-state index contributed by atoms with van der Waals surface area (Å²) >= 11 is 0. The molecule has 0 rings (SSSR count). The molecule has 142 valence electrons. The van der Waals surface area contributed by atoms with Crippen LogP contribution in [-0.2, 0) is 9.59 Å². The zero-order valence-corrected chi connectivity index (χ0v) is 16.1. The Balaban J connectivity index is 0. The van der Waals surface area contributed by atoms with Gasteiger partial charge in [-0.05, 0) is 12.8 Å². The van der Waals surface area contributed by atoms with Crippen molar-refractivity contribution in [2.45, 2.75) is 72.9 Å². The number of carbonyl (C=O) groups is 3. The number of hydrogen-bond acceptors (Lipinski definition) is 4. The molecular formula is C17H36N4O3. The molecule has 0 aliphatic rings. The second-order valence-corrected chi connectivity index (χ2v) is 6.35. The molecule has 0 saturated carbocycles. The standard InChI is InChI=1S/C14H28N4O3.C3H8/c1-9(2)13(20)11(6-5-7-16-14(15)21)18-12(19)8-17-10(3)4;1-3-2/h9-11,17H,5-8H2,1-4H3,(H,18,19)(H3,15,16,21);3H2,1-2H3. The third-order valence-corrected chi connectivity index (χ3v) is 2.89. The SMILES string of the molecule is CC(C)NCC(=O)NC(CCCNC(N)=O)C(=O)C(C)C.CCC. The van der Waals surface area contributed by atoms with Crippen LogP contribution in [0.3, 0.4) is 0 Å². The maximum absolute atomic E-state index is 12.1. The minimum atomic E-state index is -0.591. The fourth-order valence-corrected chi connectivity index (χ4v) is 1.75. The molecule has 1 atom stereocenters. The topological polar surface area (TPSA) is 113 Å². The van der Waals surface area contributed by atoms with Crippen LogP contribution in [0.2, 0.25) is 0 Å².